The van der Waals surface area contributed by atoms with E-state index < -0.39 is 0 Å². The summed E-state index contributed by atoms with van der Waals surface area (Å²) in [6, 6.07) is 15.3. The highest BCUT2D eigenvalue weighted by Gasteiger charge is 2.06. The fraction of sp³-hybridized carbons (Fsp3) is 0.222. The number of carbonyl (C=O) groups excluding carboxylic acids is 2. The minimum atomic E-state index is -0.176. The number of nitrogens with one attached hydrogen (secondary N) is 3. The molecule has 0 saturated carbocycles. The molecule has 2 amide bonds. The molecule has 0 bridgehead atoms. The van der Waals surface area contributed by atoms with Crippen LogP contribution in [0, 0.1) is 13.8 Å². The summed E-state index contributed by atoms with van der Waals surface area (Å²) < 4.78 is 0. The first kappa shape index (κ1) is 17.9. The summed E-state index contributed by atoms with van der Waals surface area (Å²) in [5.41, 5.74) is 9.26. The molecule has 0 unspecified atom stereocenters. The van der Waals surface area contributed by atoms with E-state index >= 15 is 0 Å². The molecule has 0 radical (unpaired) electrons. The van der Waals surface area contributed by atoms with Gasteiger partial charge in [0.25, 0.3) is 0 Å². The first-order valence-electron chi connectivity index (χ1n) is 7.59. The number of aryl methyl sites for hydroxylation is 2. The van der Waals surface area contributed by atoms with Crippen molar-refractivity contribution in [1.29, 1.82) is 0 Å². The maximum Gasteiger partial charge on any atom is 0.248 e. The number of thioether (sulfide) groups is 1. The van der Waals surface area contributed by atoms with E-state index in [2.05, 4.69) is 16.2 Å². The Morgan fingerprint density at radius 3 is 2.12 bits per heavy atom. The van der Waals surface area contributed by atoms with Crippen LogP contribution in [0.25, 0.3) is 0 Å². The van der Waals surface area contributed by atoms with Gasteiger partial charge in [-0.2, -0.15) is 0 Å². The average Bonchev–Trinajstić information content (AvgIpc) is 2.53. The van der Waals surface area contributed by atoms with Gasteiger partial charge in [0.2, 0.25) is 11.8 Å². The maximum atomic E-state index is 11.8. The van der Waals surface area contributed by atoms with Crippen LogP contribution in [-0.2, 0) is 9.59 Å². The van der Waals surface area contributed by atoms with Gasteiger partial charge in [0, 0.05) is 5.69 Å². The Balaban J connectivity index is 1.66. The molecule has 0 atom stereocenters. The van der Waals surface area contributed by atoms with Crippen molar-refractivity contribution in [1.82, 2.24) is 5.43 Å². The number of anilines is 2. The summed E-state index contributed by atoms with van der Waals surface area (Å²) in [7, 11) is 0. The lowest BCUT2D eigenvalue weighted by Crippen LogP contribution is -2.31. The number of hydrazine groups is 1. The van der Waals surface area contributed by atoms with Crippen molar-refractivity contribution in [3.05, 3.63) is 59.7 Å². The second kappa shape index (κ2) is 8.98. The van der Waals surface area contributed by atoms with Crippen LogP contribution >= 0.6 is 11.8 Å². The molecule has 0 fully saturated rings. The smallest absolute Gasteiger partial charge is 0.248 e. The molecule has 2 aromatic rings. The van der Waals surface area contributed by atoms with Gasteiger partial charge >= 0.3 is 0 Å². The molecule has 0 aromatic heterocycles. The summed E-state index contributed by atoms with van der Waals surface area (Å²) >= 11 is 1.27. The van der Waals surface area contributed by atoms with Gasteiger partial charge in [-0.25, -0.2) is 0 Å². The van der Waals surface area contributed by atoms with Gasteiger partial charge in [-0.15, -0.1) is 11.8 Å². The van der Waals surface area contributed by atoms with Crippen molar-refractivity contribution in [3.63, 3.8) is 0 Å². The van der Waals surface area contributed by atoms with E-state index in [1.807, 2.05) is 62.4 Å². The van der Waals surface area contributed by atoms with Crippen LogP contribution in [0.3, 0.4) is 0 Å². The third-order valence-corrected chi connectivity index (χ3v) is 4.07. The molecule has 0 spiro atoms. The van der Waals surface area contributed by atoms with Gasteiger partial charge in [0.05, 0.1) is 17.2 Å². The number of amides is 2. The van der Waals surface area contributed by atoms with Gasteiger partial charge in [-0.05, 0) is 49.2 Å². The quantitative estimate of drug-likeness (QED) is 0.676. The predicted molar refractivity (Wildman–Crippen MR) is 100 cm³/mol. The van der Waals surface area contributed by atoms with E-state index in [0.717, 1.165) is 22.5 Å². The average molecular weight is 343 g/mol. The van der Waals surface area contributed by atoms with Crippen molar-refractivity contribution >= 4 is 35.0 Å². The maximum absolute atomic E-state index is 11.8. The fourth-order valence-corrected chi connectivity index (χ4v) is 2.67. The minimum Gasteiger partial charge on any atom is -0.325 e. The third kappa shape index (κ3) is 6.34. The molecule has 2 rings (SSSR count). The Bertz CT molecular complexity index is 719. The lowest BCUT2D eigenvalue weighted by molar-refractivity contribution is -0.118. The third-order valence-electron chi connectivity index (χ3n) is 3.13. The van der Waals surface area contributed by atoms with Gasteiger partial charge in [0.15, 0.2) is 0 Å². The molecule has 0 saturated heterocycles. The summed E-state index contributed by atoms with van der Waals surface area (Å²) in [6.45, 7) is 3.95. The normalized spacial score (nSPS) is 10.1. The zero-order valence-electron chi connectivity index (χ0n) is 13.8. The number of hydrogen-bond acceptors (Lipinski definition) is 4. The minimum absolute atomic E-state index is 0.120. The molecule has 0 aliphatic carbocycles. The van der Waals surface area contributed by atoms with Gasteiger partial charge < -0.3 is 5.32 Å². The van der Waals surface area contributed by atoms with E-state index in [1.165, 1.54) is 11.8 Å². The highest BCUT2D eigenvalue weighted by molar-refractivity contribution is 8.00. The van der Waals surface area contributed by atoms with Crippen molar-refractivity contribution < 1.29 is 9.59 Å². The zero-order chi connectivity index (χ0) is 17.4. The van der Waals surface area contributed by atoms with Crippen LogP contribution in [-0.4, -0.2) is 23.3 Å². The number of carbonyl (C=O) groups is 2. The molecule has 0 heterocycles. The van der Waals surface area contributed by atoms with E-state index in [4.69, 9.17) is 0 Å². The zero-order valence-corrected chi connectivity index (χ0v) is 14.6. The molecule has 2 aromatic carbocycles. The van der Waals surface area contributed by atoms with Crippen LogP contribution in [0.2, 0.25) is 0 Å². The van der Waals surface area contributed by atoms with Crippen LogP contribution in [0.5, 0.6) is 0 Å². The van der Waals surface area contributed by atoms with Gasteiger partial charge in [-0.3, -0.25) is 20.4 Å². The molecule has 126 valence electrons. The molecular weight excluding hydrogens is 322 g/mol. The molecule has 6 heteroatoms. The summed E-state index contributed by atoms with van der Waals surface area (Å²) in [4.78, 5) is 23.6. The molecule has 0 aliphatic rings. The first-order valence-corrected chi connectivity index (χ1v) is 8.74. The Hall–Kier alpha value is -2.47. The standard InChI is InChI=1S/C18H21N3O2S/c1-13-5-3-7-15(9-13)19-17(22)11-24-12-18(23)21-20-16-8-4-6-14(2)10-16/h3-10,20H,11-12H2,1-2H3,(H,19,22)(H,21,23). The van der Waals surface area contributed by atoms with Crippen molar-refractivity contribution in [2.45, 2.75) is 13.8 Å². The molecular formula is C18H21N3O2S. The van der Waals surface area contributed by atoms with Crippen molar-refractivity contribution in [2.24, 2.45) is 0 Å². The molecule has 5 nitrogen and oxygen atoms in total. The second-order valence-corrected chi connectivity index (χ2v) is 6.44. The summed E-state index contributed by atoms with van der Waals surface area (Å²) in [5, 5.41) is 2.81. The van der Waals surface area contributed by atoms with E-state index in [-0.39, 0.29) is 23.3 Å². The lowest BCUT2D eigenvalue weighted by atomic mass is 10.2. The van der Waals surface area contributed by atoms with E-state index in [9.17, 15) is 9.59 Å². The summed E-state index contributed by atoms with van der Waals surface area (Å²) in [6.07, 6.45) is 0. The Morgan fingerprint density at radius 2 is 1.46 bits per heavy atom. The SMILES string of the molecule is Cc1cccc(NNC(=O)CSCC(=O)Nc2cccc(C)c2)c1. The Labute approximate surface area is 146 Å². The largest absolute Gasteiger partial charge is 0.325 e. The predicted octanol–water partition coefficient (Wildman–Crippen LogP) is 3.12. The first-order chi connectivity index (χ1) is 11.5. The monoisotopic (exact) mass is 343 g/mol. The van der Waals surface area contributed by atoms with Crippen LogP contribution < -0.4 is 16.2 Å². The van der Waals surface area contributed by atoms with Gasteiger partial charge in [0.1, 0.15) is 0 Å². The topological polar surface area (TPSA) is 70.2 Å². The fourth-order valence-electron chi connectivity index (χ4n) is 2.06. The molecule has 0 aliphatic heterocycles. The van der Waals surface area contributed by atoms with Gasteiger partial charge in [-0.1, -0.05) is 24.3 Å². The van der Waals surface area contributed by atoms with E-state index in [1.54, 1.807) is 0 Å². The number of hydrogen-bond donors (Lipinski definition) is 3. The second-order valence-electron chi connectivity index (χ2n) is 5.45. The number of rotatable bonds is 7. The van der Waals surface area contributed by atoms with Crippen LogP contribution in [0.1, 0.15) is 11.1 Å². The summed E-state index contributed by atoms with van der Waals surface area (Å²) in [5.74, 6) is 0.140. The van der Waals surface area contributed by atoms with E-state index in [0.29, 0.717) is 0 Å². The highest BCUT2D eigenvalue weighted by atomic mass is 32.2. The Kier molecular flexibility index (Phi) is 6.69. The van der Waals surface area contributed by atoms with Crippen molar-refractivity contribution in [3.8, 4) is 0 Å². The molecule has 3 N–H and O–H groups in total. The number of benzene rings is 2. The lowest BCUT2D eigenvalue weighted by Gasteiger charge is -2.09. The highest BCUT2D eigenvalue weighted by Crippen LogP contribution is 2.11. The Morgan fingerprint density at radius 1 is 0.875 bits per heavy atom. The van der Waals surface area contributed by atoms with Crippen LogP contribution in [0.15, 0.2) is 48.5 Å². The van der Waals surface area contributed by atoms with Crippen molar-refractivity contribution in [2.75, 3.05) is 22.2 Å². The van der Waals surface area contributed by atoms with Crippen LogP contribution in [0.4, 0.5) is 11.4 Å². The molecule has 24 heavy (non-hydrogen) atoms.